The van der Waals surface area contributed by atoms with Crippen LogP contribution >= 0.6 is 0 Å². The molecule has 4 aromatic rings. The van der Waals surface area contributed by atoms with Crippen LogP contribution in [0, 0.1) is 6.92 Å². The van der Waals surface area contributed by atoms with Crippen molar-refractivity contribution in [2.45, 2.75) is 65.5 Å². The molecule has 6 N–H and O–H groups in total. The Balaban J connectivity index is 0.00000172. The van der Waals surface area contributed by atoms with Crippen LogP contribution in [0.15, 0.2) is 53.9 Å². The van der Waals surface area contributed by atoms with Crippen LogP contribution in [-0.4, -0.2) is 44.7 Å². The average molecular weight is 530 g/mol. The maximum absolute atomic E-state index is 9.77. The number of nitrogens with one attached hydrogen (secondary N) is 1. The number of aliphatic imine (C=N–C) groups is 1. The van der Waals surface area contributed by atoms with Crippen LogP contribution in [0.5, 0.6) is 11.6 Å². The number of fused-ring (bicyclic) bond motifs is 1. The molecule has 9 heteroatoms. The molecule has 3 heterocycles. The molecular weight excluding hydrogens is 490 g/mol. The second-order valence-corrected chi connectivity index (χ2v) is 9.61. The quantitative estimate of drug-likeness (QED) is 0.187. The summed E-state index contributed by atoms with van der Waals surface area (Å²) in [5.41, 5.74) is 20.0. The first-order chi connectivity index (χ1) is 18.9. The minimum atomic E-state index is 0.185. The van der Waals surface area contributed by atoms with Crippen molar-refractivity contribution < 1.29 is 9.84 Å². The van der Waals surface area contributed by atoms with Gasteiger partial charge in [0.1, 0.15) is 11.6 Å². The third-order valence-corrected chi connectivity index (χ3v) is 7.02. The third kappa shape index (κ3) is 5.98. The number of rotatable bonds is 7. The first kappa shape index (κ1) is 27.9. The van der Waals surface area contributed by atoms with E-state index in [1.807, 2.05) is 43.7 Å². The lowest BCUT2D eigenvalue weighted by Crippen LogP contribution is -2.24. The topological polar surface area (TPSA) is 136 Å². The van der Waals surface area contributed by atoms with Gasteiger partial charge in [-0.15, -0.1) is 0 Å². The standard InChI is InChI=1S/C28H33N7O2.C2H6/c1-4-17-11-26(37-3)31-13-22(17)18-10-25-27(33-20-6-5-19(29)12-20)23(14-32-35(25)15-18)28(30)34-24-8-7-21(36)9-16(24)2;1-2/h7-11,13-15,19-20,33,36H,4-6,12,29H2,1-3H3,(H2,30,34);1-2H3. The van der Waals surface area contributed by atoms with Crippen molar-refractivity contribution >= 4 is 22.7 Å². The molecule has 2 unspecified atom stereocenters. The lowest BCUT2D eigenvalue weighted by molar-refractivity contribution is 0.397. The van der Waals surface area contributed by atoms with Crippen molar-refractivity contribution in [2.75, 3.05) is 12.4 Å². The van der Waals surface area contributed by atoms with Crippen LogP contribution in [0.2, 0.25) is 0 Å². The van der Waals surface area contributed by atoms with Gasteiger partial charge in [-0.3, -0.25) is 0 Å². The molecule has 39 heavy (non-hydrogen) atoms. The van der Waals surface area contributed by atoms with Gasteiger partial charge < -0.3 is 26.6 Å². The van der Waals surface area contributed by atoms with E-state index in [4.69, 9.17) is 16.2 Å². The highest BCUT2D eigenvalue weighted by atomic mass is 16.5. The van der Waals surface area contributed by atoms with Gasteiger partial charge in [-0.2, -0.15) is 5.10 Å². The Morgan fingerprint density at radius 1 is 1.21 bits per heavy atom. The van der Waals surface area contributed by atoms with Gasteiger partial charge in [-0.25, -0.2) is 14.5 Å². The smallest absolute Gasteiger partial charge is 0.213 e. The average Bonchev–Trinajstić information content (AvgIpc) is 3.57. The molecule has 0 saturated heterocycles. The van der Waals surface area contributed by atoms with E-state index in [-0.39, 0.29) is 17.8 Å². The summed E-state index contributed by atoms with van der Waals surface area (Å²) in [6.07, 6.45) is 9.29. The molecule has 0 radical (unpaired) electrons. The van der Waals surface area contributed by atoms with Crippen molar-refractivity contribution in [1.82, 2.24) is 14.6 Å². The fraction of sp³-hybridized carbons (Fsp3) is 0.367. The van der Waals surface area contributed by atoms with Crippen LogP contribution in [0.4, 0.5) is 11.4 Å². The van der Waals surface area contributed by atoms with Gasteiger partial charge >= 0.3 is 0 Å². The van der Waals surface area contributed by atoms with Crippen LogP contribution in [0.1, 0.15) is 56.7 Å². The summed E-state index contributed by atoms with van der Waals surface area (Å²) in [6.45, 7) is 8.00. The Bertz CT molecular complexity index is 1480. The van der Waals surface area contributed by atoms with E-state index in [1.54, 1.807) is 31.5 Å². The number of benzene rings is 1. The first-order valence-electron chi connectivity index (χ1n) is 13.6. The summed E-state index contributed by atoms with van der Waals surface area (Å²) in [4.78, 5) is 9.12. The molecule has 1 aliphatic carbocycles. The van der Waals surface area contributed by atoms with Gasteiger partial charge in [0.2, 0.25) is 5.88 Å². The fourth-order valence-electron chi connectivity index (χ4n) is 5.00. The number of aryl methyl sites for hydroxylation is 2. The molecule has 0 spiro atoms. The highest BCUT2D eigenvalue weighted by Gasteiger charge is 2.25. The van der Waals surface area contributed by atoms with Gasteiger partial charge in [0, 0.05) is 41.7 Å². The number of nitrogens with two attached hydrogens (primary N) is 2. The van der Waals surface area contributed by atoms with Gasteiger partial charge in [0.15, 0.2) is 0 Å². The molecule has 1 aromatic carbocycles. The number of phenolic OH excluding ortho intramolecular Hbond substituents is 1. The van der Waals surface area contributed by atoms with Crippen LogP contribution < -0.4 is 21.5 Å². The molecule has 206 valence electrons. The second-order valence-electron chi connectivity index (χ2n) is 9.61. The van der Waals surface area contributed by atoms with Crippen molar-refractivity contribution in [3.63, 3.8) is 0 Å². The Morgan fingerprint density at radius 2 is 2.00 bits per heavy atom. The van der Waals surface area contributed by atoms with E-state index >= 15 is 0 Å². The zero-order valence-corrected chi connectivity index (χ0v) is 23.4. The fourth-order valence-corrected chi connectivity index (χ4v) is 5.00. The molecule has 9 nitrogen and oxygen atoms in total. The number of hydrogen-bond acceptors (Lipinski definition) is 7. The molecule has 0 amide bonds. The predicted octanol–water partition coefficient (Wildman–Crippen LogP) is 5.34. The van der Waals surface area contributed by atoms with Crippen LogP contribution in [-0.2, 0) is 6.42 Å². The molecule has 1 fully saturated rings. The number of hydrogen-bond donors (Lipinski definition) is 4. The number of nitrogens with zero attached hydrogens (tertiary/aromatic N) is 4. The van der Waals surface area contributed by atoms with Crippen molar-refractivity contribution in [2.24, 2.45) is 16.5 Å². The Morgan fingerprint density at radius 3 is 2.67 bits per heavy atom. The summed E-state index contributed by atoms with van der Waals surface area (Å²) in [6, 6.07) is 9.52. The molecule has 0 bridgehead atoms. The number of pyridine rings is 1. The summed E-state index contributed by atoms with van der Waals surface area (Å²) >= 11 is 0. The minimum Gasteiger partial charge on any atom is -0.508 e. The Labute approximate surface area is 229 Å². The van der Waals surface area contributed by atoms with E-state index in [9.17, 15) is 5.11 Å². The molecule has 1 saturated carbocycles. The van der Waals surface area contributed by atoms with Gasteiger partial charge in [0.05, 0.1) is 35.8 Å². The van der Waals surface area contributed by atoms with E-state index < -0.39 is 0 Å². The summed E-state index contributed by atoms with van der Waals surface area (Å²) < 4.78 is 7.18. The van der Waals surface area contributed by atoms with E-state index in [0.29, 0.717) is 23.0 Å². The number of amidine groups is 1. The monoisotopic (exact) mass is 529 g/mol. The van der Waals surface area contributed by atoms with E-state index in [0.717, 1.165) is 59.1 Å². The number of phenols is 1. The lowest BCUT2D eigenvalue weighted by atomic mass is 10.0. The number of anilines is 1. The normalized spacial score (nSPS) is 17.1. The number of aromatic hydroxyl groups is 1. The third-order valence-electron chi connectivity index (χ3n) is 7.02. The number of aromatic nitrogens is 3. The van der Waals surface area contributed by atoms with Gasteiger partial charge in [0.25, 0.3) is 0 Å². The Hall–Kier alpha value is -4.11. The van der Waals surface area contributed by atoms with Gasteiger partial charge in [-0.05, 0) is 68.0 Å². The SMILES string of the molecule is CC.CCc1cc(OC)ncc1-c1cc2c(NC3CCC(N)C3)c(C(N)=Nc3ccc(O)cc3C)cnn2c1. The summed E-state index contributed by atoms with van der Waals surface area (Å²) in [5.74, 6) is 1.13. The van der Waals surface area contributed by atoms with Crippen molar-refractivity contribution in [3.05, 3.63) is 65.6 Å². The molecular formula is C30H39N7O2. The van der Waals surface area contributed by atoms with E-state index in [1.165, 1.54) is 0 Å². The maximum Gasteiger partial charge on any atom is 0.213 e. The molecule has 2 atom stereocenters. The van der Waals surface area contributed by atoms with Crippen LogP contribution in [0.25, 0.3) is 16.6 Å². The lowest BCUT2D eigenvalue weighted by Gasteiger charge is -2.18. The Kier molecular flexibility index (Phi) is 8.71. The maximum atomic E-state index is 9.77. The van der Waals surface area contributed by atoms with Gasteiger partial charge in [-0.1, -0.05) is 20.8 Å². The highest BCUT2D eigenvalue weighted by Crippen LogP contribution is 2.34. The number of ether oxygens (including phenoxy) is 1. The molecule has 3 aromatic heterocycles. The number of methoxy groups -OCH3 is 1. The first-order valence-corrected chi connectivity index (χ1v) is 13.6. The van der Waals surface area contributed by atoms with Crippen molar-refractivity contribution in [3.8, 4) is 22.8 Å². The molecule has 0 aliphatic heterocycles. The highest BCUT2D eigenvalue weighted by molar-refractivity contribution is 6.06. The predicted molar refractivity (Wildman–Crippen MR) is 158 cm³/mol. The largest absolute Gasteiger partial charge is 0.508 e. The second kappa shape index (κ2) is 12.2. The minimum absolute atomic E-state index is 0.185. The summed E-state index contributed by atoms with van der Waals surface area (Å²) in [5, 5.41) is 18.2. The zero-order valence-electron chi connectivity index (χ0n) is 23.4. The van der Waals surface area contributed by atoms with Crippen molar-refractivity contribution in [1.29, 1.82) is 0 Å². The van der Waals surface area contributed by atoms with Crippen LogP contribution in [0.3, 0.4) is 0 Å². The molecule has 1 aliphatic rings. The zero-order chi connectivity index (χ0) is 28.1. The summed E-state index contributed by atoms with van der Waals surface area (Å²) in [7, 11) is 1.62. The molecule has 5 rings (SSSR count). The van der Waals surface area contributed by atoms with E-state index in [2.05, 4.69) is 33.4 Å².